The minimum absolute atomic E-state index is 0.0129. The van der Waals surface area contributed by atoms with Crippen molar-refractivity contribution in [3.63, 3.8) is 0 Å². The molecule has 1 aromatic rings. The summed E-state index contributed by atoms with van der Waals surface area (Å²) < 4.78 is 13.7. The van der Waals surface area contributed by atoms with Gasteiger partial charge in [-0.05, 0) is 53.9 Å². The fraction of sp³-hybridized carbons (Fsp3) is 0.533. The number of rotatable bonds is 4. The molecule has 4 nitrogen and oxygen atoms in total. The van der Waals surface area contributed by atoms with Crippen molar-refractivity contribution >= 4 is 27.5 Å². The smallest absolute Gasteiger partial charge is 0.252 e. The second kappa shape index (κ2) is 7.22. The lowest BCUT2D eigenvalue weighted by molar-refractivity contribution is 0.0910. The average Bonchev–Trinajstić information content (AvgIpc) is 2.45. The average molecular weight is 358 g/mol. The molecule has 0 aliphatic carbocycles. The number of hydrogen-bond acceptors (Lipinski definition) is 3. The maximum atomic E-state index is 13.3. The van der Waals surface area contributed by atoms with Gasteiger partial charge in [-0.25, -0.2) is 4.39 Å². The predicted octanol–water partition coefficient (Wildman–Crippen LogP) is 2.77. The van der Waals surface area contributed by atoms with Gasteiger partial charge >= 0.3 is 0 Å². The SMILES string of the molecule is CCCN1CCC(NC(=O)c2cc(N)c(F)cc2Br)CC1. The van der Waals surface area contributed by atoms with Crippen molar-refractivity contribution in [3.8, 4) is 0 Å². The molecule has 1 aliphatic rings. The summed E-state index contributed by atoms with van der Waals surface area (Å²) in [7, 11) is 0. The summed E-state index contributed by atoms with van der Waals surface area (Å²) in [5, 5.41) is 3.01. The van der Waals surface area contributed by atoms with Gasteiger partial charge < -0.3 is 16.0 Å². The summed E-state index contributed by atoms with van der Waals surface area (Å²) in [5.74, 6) is -0.728. The summed E-state index contributed by atoms with van der Waals surface area (Å²) in [5.41, 5.74) is 5.90. The van der Waals surface area contributed by atoms with E-state index in [1.165, 1.54) is 12.1 Å². The van der Waals surface area contributed by atoms with Crippen LogP contribution in [0.25, 0.3) is 0 Å². The molecular formula is C15H21BrFN3O. The zero-order chi connectivity index (χ0) is 15.4. The molecule has 1 amide bonds. The van der Waals surface area contributed by atoms with Gasteiger partial charge in [0.2, 0.25) is 0 Å². The van der Waals surface area contributed by atoms with Crippen LogP contribution in [0.1, 0.15) is 36.5 Å². The molecule has 1 heterocycles. The number of anilines is 1. The molecule has 0 bridgehead atoms. The van der Waals surface area contributed by atoms with Crippen LogP contribution in [-0.2, 0) is 0 Å². The number of amides is 1. The maximum Gasteiger partial charge on any atom is 0.252 e. The van der Waals surface area contributed by atoms with Gasteiger partial charge in [0, 0.05) is 23.6 Å². The Hall–Kier alpha value is -1.14. The quantitative estimate of drug-likeness (QED) is 0.814. The number of benzene rings is 1. The molecule has 0 aromatic heterocycles. The Balaban J connectivity index is 1.95. The van der Waals surface area contributed by atoms with Crippen LogP contribution < -0.4 is 11.1 Å². The lowest BCUT2D eigenvalue weighted by Crippen LogP contribution is -2.44. The first kappa shape index (κ1) is 16.2. The molecule has 21 heavy (non-hydrogen) atoms. The van der Waals surface area contributed by atoms with Crippen molar-refractivity contribution in [1.82, 2.24) is 10.2 Å². The molecule has 6 heteroatoms. The van der Waals surface area contributed by atoms with Gasteiger partial charge in [-0.2, -0.15) is 0 Å². The van der Waals surface area contributed by atoms with E-state index in [-0.39, 0.29) is 17.6 Å². The number of nitrogens with two attached hydrogens (primary N) is 1. The Morgan fingerprint density at radius 3 is 2.76 bits per heavy atom. The number of carbonyl (C=O) groups is 1. The van der Waals surface area contributed by atoms with Gasteiger partial charge in [0.1, 0.15) is 5.82 Å². The van der Waals surface area contributed by atoms with Crippen molar-refractivity contribution in [2.45, 2.75) is 32.2 Å². The molecule has 1 aliphatic heterocycles. The minimum Gasteiger partial charge on any atom is -0.396 e. The fourth-order valence-electron chi connectivity index (χ4n) is 2.62. The Labute approximate surface area is 133 Å². The van der Waals surface area contributed by atoms with Crippen molar-refractivity contribution < 1.29 is 9.18 Å². The molecule has 0 unspecified atom stereocenters. The van der Waals surface area contributed by atoms with Crippen LogP contribution >= 0.6 is 15.9 Å². The van der Waals surface area contributed by atoms with Crippen LogP contribution in [0.5, 0.6) is 0 Å². The van der Waals surface area contributed by atoms with Gasteiger partial charge in [0.15, 0.2) is 0 Å². The molecule has 0 spiro atoms. The van der Waals surface area contributed by atoms with E-state index >= 15 is 0 Å². The molecule has 0 atom stereocenters. The molecule has 116 valence electrons. The first-order chi connectivity index (χ1) is 10.0. The molecule has 2 rings (SSSR count). The number of likely N-dealkylation sites (tertiary alicyclic amines) is 1. The monoisotopic (exact) mass is 357 g/mol. The normalized spacial score (nSPS) is 16.9. The highest BCUT2D eigenvalue weighted by atomic mass is 79.9. The zero-order valence-electron chi connectivity index (χ0n) is 12.2. The van der Waals surface area contributed by atoms with E-state index in [2.05, 4.69) is 33.1 Å². The van der Waals surface area contributed by atoms with Gasteiger partial charge in [0.05, 0.1) is 11.3 Å². The third-order valence-corrected chi connectivity index (χ3v) is 4.45. The highest BCUT2D eigenvalue weighted by molar-refractivity contribution is 9.10. The summed E-state index contributed by atoms with van der Waals surface area (Å²) in [6, 6.07) is 2.78. The van der Waals surface area contributed by atoms with Crippen molar-refractivity contribution in [1.29, 1.82) is 0 Å². The van der Waals surface area contributed by atoms with Gasteiger partial charge in [-0.1, -0.05) is 6.92 Å². The lowest BCUT2D eigenvalue weighted by atomic mass is 10.0. The Kier molecular flexibility index (Phi) is 5.58. The van der Waals surface area contributed by atoms with E-state index in [0.717, 1.165) is 38.9 Å². The number of nitrogens with zero attached hydrogens (tertiary/aromatic N) is 1. The largest absolute Gasteiger partial charge is 0.396 e. The predicted molar refractivity (Wildman–Crippen MR) is 85.7 cm³/mol. The van der Waals surface area contributed by atoms with Crippen LogP contribution in [0.4, 0.5) is 10.1 Å². The van der Waals surface area contributed by atoms with Crippen LogP contribution in [0, 0.1) is 5.82 Å². The molecule has 3 N–H and O–H groups in total. The van der Waals surface area contributed by atoms with Gasteiger partial charge in [-0.3, -0.25) is 4.79 Å². The van der Waals surface area contributed by atoms with E-state index in [9.17, 15) is 9.18 Å². The highest BCUT2D eigenvalue weighted by Crippen LogP contribution is 2.23. The Morgan fingerprint density at radius 2 is 2.14 bits per heavy atom. The van der Waals surface area contributed by atoms with E-state index in [1.807, 2.05) is 0 Å². The molecule has 0 saturated carbocycles. The topological polar surface area (TPSA) is 58.4 Å². The second-order valence-electron chi connectivity index (χ2n) is 5.44. The summed E-state index contributed by atoms with van der Waals surface area (Å²) in [6.07, 6.45) is 3.04. The van der Waals surface area contributed by atoms with Gasteiger partial charge in [-0.15, -0.1) is 0 Å². The molecule has 1 aromatic carbocycles. The summed E-state index contributed by atoms with van der Waals surface area (Å²) in [4.78, 5) is 14.7. The summed E-state index contributed by atoms with van der Waals surface area (Å²) >= 11 is 3.21. The van der Waals surface area contributed by atoms with Crippen LogP contribution in [0.15, 0.2) is 16.6 Å². The van der Waals surface area contributed by atoms with Crippen LogP contribution in [0.2, 0.25) is 0 Å². The maximum absolute atomic E-state index is 13.3. The van der Waals surface area contributed by atoms with Crippen molar-refractivity contribution in [3.05, 3.63) is 28.0 Å². The third kappa shape index (κ3) is 4.17. The lowest BCUT2D eigenvalue weighted by Gasteiger charge is -2.32. The van der Waals surface area contributed by atoms with Crippen molar-refractivity contribution in [2.75, 3.05) is 25.4 Å². The molecule has 1 fully saturated rings. The van der Waals surface area contributed by atoms with Gasteiger partial charge in [0.25, 0.3) is 5.91 Å². The number of hydrogen-bond donors (Lipinski definition) is 2. The third-order valence-electron chi connectivity index (χ3n) is 3.79. The second-order valence-corrected chi connectivity index (χ2v) is 6.30. The fourth-order valence-corrected chi connectivity index (χ4v) is 3.12. The number of nitrogen functional groups attached to an aromatic ring is 1. The van der Waals surface area contributed by atoms with E-state index in [4.69, 9.17) is 5.73 Å². The van der Waals surface area contributed by atoms with E-state index < -0.39 is 5.82 Å². The van der Waals surface area contributed by atoms with E-state index in [1.54, 1.807) is 0 Å². The summed E-state index contributed by atoms with van der Waals surface area (Å²) in [6.45, 7) is 5.29. The number of piperidine rings is 1. The van der Waals surface area contributed by atoms with Crippen LogP contribution in [0.3, 0.4) is 0 Å². The zero-order valence-corrected chi connectivity index (χ0v) is 13.7. The number of nitrogens with one attached hydrogen (secondary N) is 1. The standard InChI is InChI=1S/C15H21BrFN3O/c1-2-5-20-6-3-10(4-7-20)19-15(21)11-8-14(18)13(17)9-12(11)16/h8-10H,2-7,18H2,1H3,(H,19,21). The van der Waals surface area contributed by atoms with Crippen molar-refractivity contribution in [2.24, 2.45) is 0 Å². The Morgan fingerprint density at radius 1 is 1.48 bits per heavy atom. The highest BCUT2D eigenvalue weighted by Gasteiger charge is 2.22. The first-order valence-corrected chi connectivity index (χ1v) is 8.08. The number of carbonyl (C=O) groups excluding carboxylic acids is 1. The molecule has 1 saturated heterocycles. The Bertz CT molecular complexity index is 516. The first-order valence-electron chi connectivity index (χ1n) is 7.29. The van der Waals surface area contributed by atoms with Crippen LogP contribution in [-0.4, -0.2) is 36.5 Å². The molecule has 0 radical (unpaired) electrons. The van der Waals surface area contributed by atoms with E-state index in [0.29, 0.717) is 10.0 Å². The minimum atomic E-state index is -0.522. The molecular weight excluding hydrogens is 337 g/mol. The number of halogens is 2.